The summed E-state index contributed by atoms with van der Waals surface area (Å²) in [4.78, 5) is 12.2. The molecule has 0 aliphatic heterocycles. The molecule has 2 aromatic carbocycles. The summed E-state index contributed by atoms with van der Waals surface area (Å²) < 4.78 is 21.0. The van der Waals surface area contributed by atoms with Gasteiger partial charge in [0.1, 0.15) is 17.4 Å². The second-order valence-electron chi connectivity index (χ2n) is 5.35. The molecule has 3 aromatic rings. The maximum atomic E-state index is 13.1. The van der Waals surface area contributed by atoms with Crippen LogP contribution >= 0.6 is 15.9 Å². The normalized spacial score (nSPS) is 10.5. The van der Waals surface area contributed by atoms with Gasteiger partial charge < -0.3 is 10.1 Å². The van der Waals surface area contributed by atoms with Crippen molar-refractivity contribution in [2.24, 2.45) is 0 Å². The molecule has 0 bridgehead atoms. The summed E-state index contributed by atoms with van der Waals surface area (Å²) in [6, 6.07) is 14.8. The summed E-state index contributed by atoms with van der Waals surface area (Å²) in [5, 5.41) is 7.08. The Hall–Kier alpha value is -2.67. The molecule has 0 aliphatic rings. The van der Waals surface area contributed by atoms with E-state index in [0.29, 0.717) is 17.3 Å². The minimum atomic E-state index is -0.332. The lowest BCUT2D eigenvalue weighted by Gasteiger charge is -2.10. The fourth-order valence-corrected chi connectivity index (χ4v) is 2.49. The monoisotopic (exact) mass is 403 g/mol. The Morgan fingerprint density at radius 1 is 1.20 bits per heavy atom. The molecule has 25 heavy (non-hydrogen) atoms. The number of carbonyl (C=O) groups is 1. The molecule has 1 aromatic heterocycles. The molecule has 1 N–H and O–H groups in total. The zero-order chi connectivity index (χ0) is 17.8. The van der Waals surface area contributed by atoms with Crippen molar-refractivity contribution in [3.63, 3.8) is 0 Å². The van der Waals surface area contributed by atoms with Crippen molar-refractivity contribution in [3.05, 3.63) is 70.6 Å². The average molecular weight is 404 g/mol. The van der Waals surface area contributed by atoms with Crippen molar-refractivity contribution in [1.29, 1.82) is 0 Å². The number of nitrogens with one attached hydrogen (secondary N) is 1. The number of hydrogen-bond acceptors (Lipinski definition) is 3. The molecule has 7 heteroatoms. The SMILES string of the molecule is Cc1cc(NC(=O)COc2ccc(Br)cc2)n(-c2ccc(F)cc2)n1. The van der Waals surface area contributed by atoms with E-state index in [2.05, 4.69) is 26.3 Å². The number of aromatic nitrogens is 2. The molecule has 0 saturated carbocycles. The highest BCUT2D eigenvalue weighted by atomic mass is 79.9. The number of aryl methyl sites for hydroxylation is 1. The Morgan fingerprint density at radius 2 is 1.88 bits per heavy atom. The highest BCUT2D eigenvalue weighted by molar-refractivity contribution is 9.10. The molecule has 1 heterocycles. The lowest BCUT2D eigenvalue weighted by atomic mass is 10.3. The number of amides is 1. The van der Waals surface area contributed by atoms with Gasteiger partial charge in [0, 0.05) is 10.5 Å². The van der Waals surface area contributed by atoms with Crippen molar-refractivity contribution in [2.45, 2.75) is 6.92 Å². The number of ether oxygens (including phenoxy) is 1. The summed E-state index contributed by atoms with van der Waals surface area (Å²) in [6.45, 7) is 1.68. The van der Waals surface area contributed by atoms with Crippen LogP contribution in [0.5, 0.6) is 5.75 Å². The second kappa shape index (κ2) is 7.48. The van der Waals surface area contributed by atoms with E-state index in [1.54, 1.807) is 35.0 Å². The van der Waals surface area contributed by atoms with E-state index in [1.165, 1.54) is 12.1 Å². The van der Waals surface area contributed by atoms with Crippen LogP contribution in [-0.4, -0.2) is 22.3 Å². The summed E-state index contributed by atoms with van der Waals surface area (Å²) in [5.74, 6) is 0.447. The Balaban J connectivity index is 1.69. The van der Waals surface area contributed by atoms with Crippen LogP contribution in [0.4, 0.5) is 10.2 Å². The lowest BCUT2D eigenvalue weighted by molar-refractivity contribution is -0.118. The summed E-state index contributed by atoms with van der Waals surface area (Å²) >= 11 is 3.34. The van der Waals surface area contributed by atoms with Crippen molar-refractivity contribution in [3.8, 4) is 11.4 Å². The van der Waals surface area contributed by atoms with E-state index in [0.717, 1.165) is 10.2 Å². The van der Waals surface area contributed by atoms with Gasteiger partial charge in [0.05, 0.1) is 11.4 Å². The standard InChI is InChI=1S/C18H15BrFN3O2/c1-12-10-17(23(22-12)15-6-4-14(20)5-7-15)21-18(24)11-25-16-8-2-13(19)3-9-16/h2-10H,11H2,1H3,(H,21,24). The number of nitrogens with zero attached hydrogens (tertiary/aromatic N) is 2. The Labute approximate surface area is 152 Å². The van der Waals surface area contributed by atoms with E-state index < -0.39 is 0 Å². The molecule has 3 rings (SSSR count). The van der Waals surface area contributed by atoms with Gasteiger partial charge in [0.15, 0.2) is 6.61 Å². The first-order chi connectivity index (χ1) is 12.0. The summed E-state index contributed by atoms with van der Waals surface area (Å²) in [6.07, 6.45) is 0. The number of halogens is 2. The fourth-order valence-electron chi connectivity index (χ4n) is 2.23. The van der Waals surface area contributed by atoms with Gasteiger partial charge in [0.25, 0.3) is 5.91 Å². The molecule has 5 nitrogen and oxygen atoms in total. The number of rotatable bonds is 5. The summed E-state index contributed by atoms with van der Waals surface area (Å²) in [7, 11) is 0. The number of hydrogen-bond donors (Lipinski definition) is 1. The zero-order valence-electron chi connectivity index (χ0n) is 13.4. The van der Waals surface area contributed by atoms with Gasteiger partial charge >= 0.3 is 0 Å². The predicted molar refractivity (Wildman–Crippen MR) is 96.5 cm³/mol. The maximum absolute atomic E-state index is 13.1. The minimum Gasteiger partial charge on any atom is -0.484 e. The van der Waals surface area contributed by atoms with Crippen LogP contribution in [0, 0.1) is 12.7 Å². The molecule has 0 unspecified atom stereocenters. The molecule has 0 saturated heterocycles. The third-order valence-corrected chi connectivity index (χ3v) is 3.88. The van der Waals surface area contributed by atoms with E-state index in [4.69, 9.17) is 4.74 Å². The molecular formula is C18H15BrFN3O2. The first-order valence-electron chi connectivity index (χ1n) is 7.52. The maximum Gasteiger partial charge on any atom is 0.263 e. The minimum absolute atomic E-state index is 0.130. The smallest absolute Gasteiger partial charge is 0.263 e. The molecule has 0 atom stereocenters. The fraction of sp³-hybridized carbons (Fsp3) is 0.111. The van der Waals surface area contributed by atoms with E-state index in [1.807, 2.05) is 19.1 Å². The van der Waals surface area contributed by atoms with Gasteiger partial charge in [-0.25, -0.2) is 9.07 Å². The molecule has 0 spiro atoms. The van der Waals surface area contributed by atoms with Crippen LogP contribution in [0.2, 0.25) is 0 Å². The van der Waals surface area contributed by atoms with Gasteiger partial charge in [-0.15, -0.1) is 0 Å². The Morgan fingerprint density at radius 3 is 2.56 bits per heavy atom. The highest BCUT2D eigenvalue weighted by Crippen LogP contribution is 2.18. The van der Waals surface area contributed by atoms with Gasteiger partial charge in [-0.1, -0.05) is 15.9 Å². The van der Waals surface area contributed by atoms with Crippen LogP contribution in [-0.2, 0) is 4.79 Å². The first kappa shape index (κ1) is 17.2. The van der Waals surface area contributed by atoms with Gasteiger partial charge in [-0.05, 0) is 55.5 Å². The number of anilines is 1. The molecule has 0 aliphatic carbocycles. The van der Waals surface area contributed by atoms with Gasteiger partial charge in [-0.2, -0.15) is 5.10 Å². The quantitative estimate of drug-likeness (QED) is 0.697. The van der Waals surface area contributed by atoms with E-state index in [9.17, 15) is 9.18 Å². The van der Waals surface area contributed by atoms with Crippen LogP contribution in [0.3, 0.4) is 0 Å². The highest BCUT2D eigenvalue weighted by Gasteiger charge is 2.11. The predicted octanol–water partition coefficient (Wildman–Crippen LogP) is 4.10. The van der Waals surface area contributed by atoms with Gasteiger partial charge in [-0.3, -0.25) is 4.79 Å². The number of carbonyl (C=O) groups excluding carboxylic acids is 1. The van der Waals surface area contributed by atoms with E-state index >= 15 is 0 Å². The topological polar surface area (TPSA) is 56.1 Å². The largest absolute Gasteiger partial charge is 0.484 e. The number of benzene rings is 2. The summed E-state index contributed by atoms with van der Waals surface area (Å²) in [5.41, 5.74) is 1.38. The van der Waals surface area contributed by atoms with Crippen molar-refractivity contribution >= 4 is 27.7 Å². The van der Waals surface area contributed by atoms with E-state index in [-0.39, 0.29) is 18.3 Å². The third kappa shape index (κ3) is 4.45. The van der Waals surface area contributed by atoms with Crippen molar-refractivity contribution in [1.82, 2.24) is 9.78 Å². The van der Waals surface area contributed by atoms with Crippen LogP contribution in [0.15, 0.2) is 59.1 Å². The Bertz CT molecular complexity index is 876. The first-order valence-corrected chi connectivity index (χ1v) is 8.31. The van der Waals surface area contributed by atoms with Crippen LogP contribution in [0.1, 0.15) is 5.69 Å². The second-order valence-corrected chi connectivity index (χ2v) is 6.27. The Kier molecular flexibility index (Phi) is 5.14. The van der Waals surface area contributed by atoms with Crippen molar-refractivity contribution in [2.75, 3.05) is 11.9 Å². The molecular weight excluding hydrogens is 389 g/mol. The molecule has 1 amide bonds. The van der Waals surface area contributed by atoms with Crippen LogP contribution in [0.25, 0.3) is 5.69 Å². The zero-order valence-corrected chi connectivity index (χ0v) is 15.0. The molecule has 0 fully saturated rings. The lowest BCUT2D eigenvalue weighted by Crippen LogP contribution is -2.21. The average Bonchev–Trinajstić information content (AvgIpc) is 2.95. The van der Waals surface area contributed by atoms with Crippen LogP contribution < -0.4 is 10.1 Å². The molecule has 0 radical (unpaired) electrons. The molecule has 128 valence electrons. The van der Waals surface area contributed by atoms with Gasteiger partial charge in [0.2, 0.25) is 0 Å². The van der Waals surface area contributed by atoms with Crippen molar-refractivity contribution < 1.29 is 13.9 Å². The third-order valence-electron chi connectivity index (χ3n) is 3.35.